The Morgan fingerprint density at radius 1 is 1.15 bits per heavy atom. The second-order valence-electron chi connectivity index (χ2n) is 8.10. The number of morpholine rings is 1. The molecular formula is C22H20ClN7O3S. The largest absolute Gasteiger partial charge is 0.405 e. The molecule has 0 bridgehead atoms. The zero-order valence-electron chi connectivity index (χ0n) is 18.2. The summed E-state index contributed by atoms with van der Waals surface area (Å²) in [6, 6.07) is 7.71. The Morgan fingerprint density at radius 2 is 2.00 bits per heavy atom. The Bertz CT molecular complexity index is 1420. The maximum absolute atomic E-state index is 12.6. The van der Waals surface area contributed by atoms with Crippen LogP contribution in [0.1, 0.15) is 16.6 Å². The van der Waals surface area contributed by atoms with E-state index in [1.807, 2.05) is 30.0 Å². The lowest BCUT2D eigenvalue weighted by Gasteiger charge is -2.26. The Kier molecular flexibility index (Phi) is 5.31. The lowest BCUT2D eigenvalue weighted by atomic mass is 10.1. The maximum Gasteiger partial charge on any atom is 0.329 e. The van der Waals surface area contributed by atoms with Gasteiger partial charge in [0.15, 0.2) is 0 Å². The third-order valence-electron chi connectivity index (χ3n) is 5.73. The van der Waals surface area contributed by atoms with Crippen molar-refractivity contribution in [2.75, 3.05) is 43.1 Å². The smallest absolute Gasteiger partial charge is 0.329 e. The van der Waals surface area contributed by atoms with E-state index in [0.717, 1.165) is 26.7 Å². The number of fused-ring (bicyclic) bond motifs is 5. The number of carbonyl (C=O) groups is 1. The minimum atomic E-state index is -0.0578. The van der Waals surface area contributed by atoms with Crippen LogP contribution in [0.5, 0.6) is 11.9 Å². The van der Waals surface area contributed by atoms with Crippen LogP contribution in [0.2, 0.25) is 5.28 Å². The lowest BCUT2D eigenvalue weighted by Crippen LogP contribution is -2.37. The number of benzene rings is 1. The Morgan fingerprint density at radius 3 is 2.85 bits per heavy atom. The van der Waals surface area contributed by atoms with Crippen LogP contribution >= 0.6 is 22.9 Å². The standard InChI is InChI=1S/C22H20ClN7O3S/c1-11-10-24-17-16-12-2-5-15(26-13(12)3-4-14(16)34-18(17)19(31)25-11)33-22-28-20(23)27-21(29-22)30-6-8-32-9-7-30/h2-5,11,24H,6-10H2,1H3,(H,25,31)/t11-/m0/s1. The molecule has 1 amide bonds. The molecule has 5 heterocycles. The van der Waals surface area contributed by atoms with Gasteiger partial charge in [0.05, 0.1) is 24.4 Å². The fourth-order valence-corrected chi connectivity index (χ4v) is 5.38. The van der Waals surface area contributed by atoms with Crippen LogP contribution in [-0.2, 0) is 4.74 Å². The summed E-state index contributed by atoms with van der Waals surface area (Å²) in [5.41, 5.74) is 1.58. The van der Waals surface area contributed by atoms with Gasteiger partial charge in [-0.05, 0) is 36.7 Å². The van der Waals surface area contributed by atoms with Crippen molar-refractivity contribution in [3.63, 3.8) is 0 Å². The normalized spacial score (nSPS) is 18.4. The number of nitrogens with one attached hydrogen (secondary N) is 2. The molecule has 174 valence electrons. The number of rotatable bonds is 3. The van der Waals surface area contributed by atoms with Crippen LogP contribution < -0.4 is 20.3 Å². The highest BCUT2D eigenvalue weighted by Gasteiger charge is 2.25. The molecule has 1 saturated heterocycles. The summed E-state index contributed by atoms with van der Waals surface area (Å²) < 4.78 is 12.3. The predicted octanol–water partition coefficient (Wildman–Crippen LogP) is 3.46. The van der Waals surface area contributed by atoms with Gasteiger partial charge in [-0.3, -0.25) is 4.79 Å². The fourth-order valence-electron chi connectivity index (χ4n) is 4.13. The van der Waals surface area contributed by atoms with Crippen LogP contribution in [0.15, 0.2) is 24.3 Å². The van der Waals surface area contributed by atoms with Crippen LogP contribution in [0.3, 0.4) is 0 Å². The molecule has 0 aliphatic carbocycles. The first-order valence-corrected chi connectivity index (χ1v) is 12.1. The molecular weight excluding hydrogens is 478 g/mol. The van der Waals surface area contributed by atoms with E-state index >= 15 is 0 Å². The third-order valence-corrected chi connectivity index (χ3v) is 7.05. The van der Waals surface area contributed by atoms with Gasteiger partial charge in [-0.25, -0.2) is 4.98 Å². The number of hydrogen-bond donors (Lipinski definition) is 2. The number of aromatic nitrogens is 4. The van der Waals surface area contributed by atoms with E-state index < -0.39 is 0 Å². The number of anilines is 2. The first kappa shape index (κ1) is 21.3. The van der Waals surface area contributed by atoms with Crippen LogP contribution in [0, 0.1) is 0 Å². The second kappa shape index (κ2) is 8.49. The van der Waals surface area contributed by atoms with Gasteiger partial charge in [0.25, 0.3) is 5.91 Å². The molecule has 0 radical (unpaired) electrons. The summed E-state index contributed by atoms with van der Waals surface area (Å²) in [7, 11) is 0. The van der Waals surface area contributed by atoms with Crippen molar-refractivity contribution in [2.45, 2.75) is 13.0 Å². The van der Waals surface area contributed by atoms with E-state index in [0.29, 0.717) is 49.6 Å². The molecule has 2 N–H and O–H groups in total. The summed E-state index contributed by atoms with van der Waals surface area (Å²) >= 11 is 7.60. The van der Waals surface area contributed by atoms with Crippen molar-refractivity contribution in [3.05, 3.63) is 34.4 Å². The molecule has 0 saturated carbocycles. The first-order chi connectivity index (χ1) is 16.5. The van der Waals surface area contributed by atoms with Gasteiger partial charge >= 0.3 is 6.01 Å². The number of nitrogens with zero attached hydrogens (tertiary/aromatic N) is 5. The lowest BCUT2D eigenvalue weighted by molar-refractivity contribution is 0.0949. The van der Waals surface area contributed by atoms with Crippen LogP contribution in [0.25, 0.3) is 21.0 Å². The van der Waals surface area contributed by atoms with E-state index in [1.165, 1.54) is 11.3 Å². The average Bonchev–Trinajstić information content (AvgIpc) is 3.15. The molecule has 2 aliphatic rings. The molecule has 4 aromatic rings. The van der Waals surface area contributed by atoms with Crippen molar-refractivity contribution < 1.29 is 14.3 Å². The van der Waals surface area contributed by atoms with Gasteiger partial charge in [-0.15, -0.1) is 11.3 Å². The summed E-state index contributed by atoms with van der Waals surface area (Å²) in [6.45, 7) is 5.16. The Hall–Kier alpha value is -3.28. The van der Waals surface area contributed by atoms with E-state index in [1.54, 1.807) is 6.07 Å². The van der Waals surface area contributed by atoms with Crippen molar-refractivity contribution in [3.8, 4) is 11.9 Å². The molecule has 12 heteroatoms. The van der Waals surface area contributed by atoms with Gasteiger partial charge in [0, 0.05) is 47.2 Å². The number of pyridine rings is 1. The highest BCUT2D eigenvalue weighted by Crippen LogP contribution is 2.41. The molecule has 3 aromatic heterocycles. The van der Waals surface area contributed by atoms with Gasteiger partial charge in [0.2, 0.25) is 17.1 Å². The maximum atomic E-state index is 12.6. The number of hydrogen-bond acceptors (Lipinski definition) is 10. The van der Waals surface area contributed by atoms with Gasteiger partial charge in [-0.2, -0.15) is 15.0 Å². The topological polar surface area (TPSA) is 114 Å². The molecule has 0 unspecified atom stereocenters. The molecule has 1 atom stereocenters. The Labute approximate surface area is 203 Å². The fraction of sp³-hybridized carbons (Fsp3) is 0.318. The molecule has 6 rings (SSSR count). The highest BCUT2D eigenvalue weighted by atomic mass is 35.5. The molecule has 2 aliphatic heterocycles. The predicted molar refractivity (Wildman–Crippen MR) is 130 cm³/mol. The minimum absolute atomic E-state index is 0.0461. The van der Waals surface area contributed by atoms with Gasteiger partial charge < -0.3 is 25.0 Å². The van der Waals surface area contributed by atoms with Gasteiger partial charge in [0.1, 0.15) is 4.88 Å². The van der Waals surface area contributed by atoms with Crippen LogP contribution in [0.4, 0.5) is 11.6 Å². The number of carbonyl (C=O) groups excluding carboxylic acids is 1. The third kappa shape index (κ3) is 3.85. The number of ether oxygens (including phenoxy) is 2. The summed E-state index contributed by atoms with van der Waals surface area (Å²) in [5.74, 6) is 0.723. The van der Waals surface area contributed by atoms with Crippen molar-refractivity contribution in [1.82, 2.24) is 25.3 Å². The molecule has 34 heavy (non-hydrogen) atoms. The van der Waals surface area contributed by atoms with E-state index in [2.05, 4.69) is 30.6 Å². The highest BCUT2D eigenvalue weighted by molar-refractivity contribution is 7.21. The summed E-state index contributed by atoms with van der Waals surface area (Å²) in [5, 5.41) is 8.41. The molecule has 1 fully saturated rings. The minimum Gasteiger partial charge on any atom is -0.405 e. The second-order valence-corrected chi connectivity index (χ2v) is 9.50. The summed E-state index contributed by atoms with van der Waals surface area (Å²) in [6.07, 6.45) is 0. The van der Waals surface area contributed by atoms with E-state index in [4.69, 9.17) is 21.1 Å². The monoisotopic (exact) mass is 497 g/mol. The average molecular weight is 498 g/mol. The number of thiophene rings is 1. The molecule has 10 nitrogen and oxygen atoms in total. The van der Waals surface area contributed by atoms with E-state index in [-0.39, 0.29) is 23.2 Å². The SMILES string of the molecule is C[C@H]1CNc2c(sc3ccc4nc(Oc5nc(Cl)nc(N6CCOCC6)n5)ccc4c23)C(=O)N1. The van der Waals surface area contributed by atoms with Crippen molar-refractivity contribution >= 4 is 61.5 Å². The quantitative estimate of drug-likeness (QED) is 0.439. The van der Waals surface area contributed by atoms with E-state index in [9.17, 15) is 4.79 Å². The zero-order valence-corrected chi connectivity index (χ0v) is 19.7. The molecule has 1 aromatic carbocycles. The Balaban J connectivity index is 1.36. The zero-order chi connectivity index (χ0) is 23.2. The summed E-state index contributed by atoms with van der Waals surface area (Å²) in [4.78, 5) is 32.7. The van der Waals surface area contributed by atoms with Gasteiger partial charge in [-0.1, -0.05) is 0 Å². The number of halogens is 1. The first-order valence-electron chi connectivity index (χ1n) is 10.9. The number of amides is 1. The molecule has 0 spiro atoms. The van der Waals surface area contributed by atoms with Crippen LogP contribution in [-0.4, -0.2) is 64.7 Å². The van der Waals surface area contributed by atoms with Crippen molar-refractivity contribution in [2.24, 2.45) is 0 Å². The van der Waals surface area contributed by atoms with Crippen molar-refractivity contribution in [1.29, 1.82) is 0 Å².